The SMILES string of the molecule is COc1ncccc1CNC1CCC(=O)N(C)C1. The zero-order chi connectivity index (χ0) is 13.0. The van der Waals surface area contributed by atoms with E-state index in [0.29, 0.717) is 24.9 Å². The fourth-order valence-electron chi connectivity index (χ4n) is 2.18. The molecule has 1 amide bonds. The molecular formula is C13H19N3O2. The van der Waals surface area contributed by atoms with Gasteiger partial charge in [0.05, 0.1) is 7.11 Å². The second kappa shape index (κ2) is 5.82. The van der Waals surface area contributed by atoms with Crippen LogP contribution in [-0.2, 0) is 11.3 Å². The molecule has 0 aromatic carbocycles. The molecule has 0 bridgehead atoms. The monoisotopic (exact) mass is 249 g/mol. The molecule has 1 unspecified atom stereocenters. The number of aromatic nitrogens is 1. The smallest absolute Gasteiger partial charge is 0.222 e. The number of ether oxygens (including phenoxy) is 1. The van der Waals surface area contributed by atoms with E-state index >= 15 is 0 Å². The van der Waals surface area contributed by atoms with E-state index in [1.54, 1.807) is 18.2 Å². The Labute approximate surface area is 107 Å². The Morgan fingerprint density at radius 2 is 2.44 bits per heavy atom. The van der Waals surface area contributed by atoms with Crippen molar-refractivity contribution in [1.29, 1.82) is 0 Å². The number of methoxy groups -OCH3 is 1. The summed E-state index contributed by atoms with van der Waals surface area (Å²) < 4.78 is 5.21. The maximum atomic E-state index is 11.4. The normalized spacial score (nSPS) is 20.0. The minimum Gasteiger partial charge on any atom is -0.481 e. The Bertz CT molecular complexity index is 422. The van der Waals surface area contributed by atoms with E-state index in [-0.39, 0.29) is 5.91 Å². The average molecular weight is 249 g/mol. The predicted octanol–water partition coefficient (Wildman–Crippen LogP) is 0.801. The van der Waals surface area contributed by atoms with Gasteiger partial charge in [-0.2, -0.15) is 0 Å². The lowest BCUT2D eigenvalue weighted by Crippen LogP contribution is -2.46. The van der Waals surface area contributed by atoms with Crippen molar-refractivity contribution in [3.05, 3.63) is 23.9 Å². The number of likely N-dealkylation sites (tertiary alicyclic amines) is 1. The summed E-state index contributed by atoms with van der Waals surface area (Å²) in [5.74, 6) is 0.886. The van der Waals surface area contributed by atoms with Gasteiger partial charge in [-0.1, -0.05) is 6.07 Å². The zero-order valence-electron chi connectivity index (χ0n) is 10.8. The molecule has 1 atom stereocenters. The van der Waals surface area contributed by atoms with Crippen LogP contribution in [-0.4, -0.2) is 42.5 Å². The molecule has 0 saturated carbocycles. The van der Waals surface area contributed by atoms with Gasteiger partial charge >= 0.3 is 0 Å². The molecule has 5 heteroatoms. The van der Waals surface area contributed by atoms with E-state index in [1.165, 1.54) is 0 Å². The first-order valence-electron chi connectivity index (χ1n) is 6.16. The van der Waals surface area contributed by atoms with E-state index in [1.807, 2.05) is 19.2 Å². The van der Waals surface area contributed by atoms with Gasteiger partial charge in [0.25, 0.3) is 0 Å². The van der Waals surface area contributed by atoms with Crippen molar-refractivity contribution >= 4 is 5.91 Å². The van der Waals surface area contributed by atoms with Gasteiger partial charge in [0, 0.05) is 44.4 Å². The number of piperidine rings is 1. The molecule has 1 aliphatic heterocycles. The third kappa shape index (κ3) is 2.98. The van der Waals surface area contributed by atoms with E-state index in [0.717, 1.165) is 18.5 Å². The number of carbonyl (C=O) groups excluding carboxylic acids is 1. The van der Waals surface area contributed by atoms with Crippen LogP contribution in [0.3, 0.4) is 0 Å². The fourth-order valence-corrected chi connectivity index (χ4v) is 2.18. The van der Waals surface area contributed by atoms with Gasteiger partial charge in [0.15, 0.2) is 0 Å². The van der Waals surface area contributed by atoms with Gasteiger partial charge in [-0.3, -0.25) is 4.79 Å². The molecule has 1 aromatic heterocycles. The maximum Gasteiger partial charge on any atom is 0.222 e. The van der Waals surface area contributed by atoms with Crippen molar-refractivity contribution in [1.82, 2.24) is 15.2 Å². The Morgan fingerprint density at radius 1 is 1.61 bits per heavy atom. The van der Waals surface area contributed by atoms with Crippen LogP contribution >= 0.6 is 0 Å². The predicted molar refractivity (Wildman–Crippen MR) is 68.3 cm³/mol. The molecule has 98 valence electrons. The van der Waals surface area contributed by atoms with Crippen LogP contribution in [0.1, 0.15) is 18.4 Å². The highest BCUT2D eigenvalue weighted by Gasteiger charge is 2.22. The molecule has 1 aromatic rings. The van der Waals surface area contributed by atoms with Crippen LogP contribution in [0.25, 0.3) is 0 Å². The van der Waals surface area contributed by atoms with Crippen molar-refractivity contribution < 1.29 is 9.53 Å². The van der Waals surface area contributed by atoms with Crippen LogP contribution in [0.5, 0.6) is 5.88 Å². The number of hydrogen-bond acceptors (Lipinski definition) is 4. The summed E-state index contributed by atoms with van der Waals surface area (Å²) in [4.78, 5) is 17.3. The first kappa shape index (κ1) is 12.8. The fraction of sp³-hybridized carbons (Fsp3) is 0.538. The summed E-state index contributed by atoms with van der Waals surface area (Å²) in [6.07, 6.45) is 3.24. The number of rotatable bonds is 4. The quantitative estimate of drug-likeness (QED) is 0.857. The van der Waals surface area contributed by atoms with Crippen LogP contribution in [0.2, 0.25) is 0 Å². The van der Waals surface area contributed by atoms with Crippen LogP contribution in [0.4, 0.5) is 0 Å². The minimum atomic E-state index is 0.229. The molecule has 1 fully saturated rings. The number of hydrogen-bond donors (Lipinski definition) is 1. The highest BCUT2D eigenvalue weighted by molar-refractivity contribution is 5.76. The van der Waals surface area contributed by atoms with Crippen molar-refractivity contribution in [3.8, 4) is 5.88 Å². The van der Waals surface area contributed by atoms with E-state index in [4.69, 9.17) is 4.74 Å². The lowest BCUT2D eigenvalue weighted by atomic mass is 10.1. The lowest BCUT2D eigenvalue weighted by Gasteiger charge is -2.30. The largest absolute Gasteiger partial charge is 0.481 e. The highest BCUT2D eigenvalue weighted by Crippen LogP contribution is 2.15. The standard InChI is InChI=1S/C13H19N3O2/c1-16-9-11(5-6-12(16)17)15-8-10-4-3-7-14-13(10)18-2/h3-4,7,11,15H,5-6,8-9H2,1-2H3. The molecule has 0 radical (unpaired) electrons. The number of pyridine rings is 1. The van der Waals surface area contributed by atoms with Crippen molar-refractivity contribution in [2.45, 2.75) is 25.4 Å². The van der Waals surface area contributed by atoms with Gasteiger partial charge in [-0.05, 0) is 12.5 Å². The third-order valence-corrected chi connectivity index (χ3v) is 3.25. The van der Waals surface area contributed by atoms with E-state index in [9.17, 15) is 4.79 Å². The summed E-state index contributed by atoms with van der Waals surface area (Å²) >= 11 is 0. The van der Waals surface area contributed by atoms with Gasteiger partial charge in [0.1, 0.15) is 0 Å². The van der Waals surface area contributed by atoms with Crippen LogP contribution in [0, 0.1) is 0 Å². The number of nitrogens with zero attached hydrogens (tertiary/aromatic N) is 2. The second-order valence-electron chi connectivity index (χ2n) is 4.56. The van der Waals surface area contributed by atoms with Crippen LogP contribution in [0.15, 0.2) is 18.3 Å². The second-order valence-corrected chi connectivity index (χ2v) is 4.56. The molecule has 5 nitrogen and oxygen atoms in total. The molecule has 2 heterocycles. The number of nitrogens with one attached hydrogen (secondary N) is 1. The van der Waals surface area contributed by atoms with Crippen molar-refractivity contribution in [2.75, 3.05) is 20.7 Å². The summed E-state index contributed by atoms with van der Waals surface area (Å²) in [6.45, 7) is 1.48. The molecule has 18 heavy (non-hydrogen) atoms. The first-order chi connectivity index (χ1) is 8.70. The molecule has 1 aliphatic rings. The number of amides is 1. The van der Waals surface area contributed by atoms with Gasteiger partial charge < -0.3 is 15.0 Å². The maximum absolute atomic E-state index is 11.4. The van der Waals surface area contributed by atoms with E-state index < -0.39 is 0 Å². The zero-order valence-corrected chi connectivity index (χ0v) is 10.8. The molecule has 1 saturated heterocycles. The van der Waals surface area contributed by atoms with Crippen molar-refractivity contribution in [3.63, 3.8) is 0 Å². The average Bonchev–Trinajstić information content (AvgIpc) is 2.40. The third-order valence-electron chi connectivity index (χ3n) is 3.25. The number of carbonyl (C=O) groups is 1. The molecular weight excluding hydrogens is 230 g/mol. The Kier molecular flexibility index (Phi) is 4.15. The number of likely N-dealkylation sites (N-methyl/N-ethyl adjacent to an activating group) is 1. The Hall–Kier alpha value is -1.62. The molecule has 2 rings (SSSR count). The topological polar surface area (TPSA) is 54.5 Å². The van der Waals surface area contributed by atoms with Gasteiger partial charge in [0.2, 0.25) is 11.8 Å². The molecule has 1 N–H and O–H groups in total. The minimum absolute atomic E-state index is 0.229. The summed E-state index contributed by atoms with van der Waals surface area (Å²) in [6, 6.07) is 4.24. The van der Waals surface area contributed by atoms with Gasteiger partial charge in [-0.25, -0.2) is 4.98 Å². The lowest BCUT2D eigenvalue weighted by molar-refractivity contribution is -0.132. The molecule has 0 aliphatic carbocycles. The van der Waals surface area contributed by atoms with E-state index in [2.05, 4.69) is 10.3 Å². The highest BCUT2D eigenvalue weighted by atomic mass is 16.5. The summed E-state index contributed by atoms with van der Waals surface area (Å²) in [5.41, 5.74) is 1.04. The van der Waals surface area contributed by atoms with Gasteiger partial charge in [-0.15, -0.1) is 0 Å². The molecule has 0 spiro atoms. The summed E-state index contributed by atoms with van der Waals surface area (Å²) in [5, 5.41) is 3.45. The van der Waals surface area contributed by atoms with Crippen molar-refractivity contribution in [2.24, 2.45) is 0 Å². The Morgan fingerprint density at radius 3 is 3.17 bits per heavy atom. The first-order valence-corrected chi connectivity index (χ1v) is 6.16. The summed E-state index contributed by atoms with van der Waals surface area (Å²) in [7, 11) is 3.47. The van der Waals surface area contributed by atoms with Crippen LogP contribution < -0.4 is 10.1 Å². The Balaban J connectivity index is 1.90.